The molecular weight excluding hydrogens is 635 g/mol. The minimum atomic E-state index is 0. The molecule has 0 unspecified atom stereocenters. The normalized spacial score (nSPS) is 8.94. The van der Waals surface area contributed by atoms with Gasteiger partial charge in [-0.3, -0.25) is 5.41 Å². The van der Waals surface area contributed by atoms with Gasteiger partial charge in [-0.1, -0.05) is 14.9 Å². The van der Waals surface area contributed by atoms with E-state index < -0.39 is 0 Å². The van der Waals surface area contributed by atoms with E-state index in [1.807, 2.05) is 48.5 Å². The molecule has 0 aliphatic carbocycles. The maximum atomic E-state index is 8.83. The lowest BCUT2D eigenvalue weighted by atomic mass is 10.2. The molecule has 0 aliphatic rings. The van der Waals surface area contributed by atoms with Crippen LogP contribution >= 0.6 is 56.7 Å². The topological polar surface area (TPSA) is 113 Å². The second-order valence-corrected chi connectivity index (χ2v) is 8.38. The molecule has 0 saturated heterocycles. The number of hydrogen-bond acceptors (Lipinski definition) is 6. The van der Waals surface area contributed by atoms with Crippen molar-refractivity contribution in [2.75, 3.05) is 13.2 Å². The molecule has 0 spiro atoms. The molecule has 200 valence electrons. The molecule has 4 aromatic rings. The number of nitrogens with one attached hydrogen (secondary N) is 1. The van der Waals surface area contributed by atoms with Crippen molar-refractivity contribution in [3.63, 3.8) is 0 Å². The lowest BCUT2D eigenvalue weighted by Gasteiger charge is -2.02. The van der Waals surface area contributed by atoms with Crippen molar-refractivity contribution in [2.24, 2.45) is 14.1 Å². The van der Waals surface area contributed by atoms with Crippen LogP contribution in [0.15, 0.2) is 45.9 Å². The fourth-order valence-electron chi connectivity index (χ4n) is 2.96. The van der Waals surface area contributed by atoms with Gasteiger partial charge in [0.05, 0.1) is 17.7 Å². The Hall–Kier alpha value is -2.16. The Balaban J connectivity index is -0.000000501. The molecule has 0 fully saturated rings. The fraction of sp³-hybridized carbons (Fsp3) is 0.333. The largest absolute Gasteiger partial charge is 0.478 e. The van der Waals surface area contributed by atoms with Gasteiger partial charge in [0.15, 0.2) is 0 Å². The van der Waals surface area contributed by atoms with Crippen molar-refractivity contribution in [3.05, 3.63) is 57.0 Å². The molecule has 0 aliphatic heterocycles. The van der Waals surface area contributed by atoms with Crippen LogP contribution in [0.2, 0.25) is 0 Å². The molecule has 0 radical (unpaired) electrons. The summed E-state index contributed by atoms with van der Waals surface area (Å²) in [4.78, 5) is 8.52. The minimum Gasteiger partial charge on any atom is -0.478 e. The third-order valence-electron chi connectivity index (χ3n) is 4.21. The summed E-state index contributed by atoms with van der Waals surface area (Å²) in [6.45, 7) is 4.30. The fourth-order valence-corrected chi connectivity index (χ4v) is 3.63. The number of aryl methyl sites for hydroxylation is 2. The van der Waals surface area contributed by atoms with Crippen LogP contribution in [0.3, 0.4) is 0 Å². The molecule has 0 amide bonds. The summed E-state index contributed by atoms with van der Waals surface area (Å²) in [6, 6.07) is 5.99. The highest BCUT2D eigenvalue weighted by Crippen LogP contribution is 2.23. The summed E-state index contributed by atoms with van der Waals surface area (Å²) in [6.07, 6.45) is 7.12. The third-order valence-corrected chi connectivity index (χ3v) is 5.08. The minimum absolute atomic E-state index is 0. The maximum Gasteiger partial charge on any atom is 0.215 e. The number of ether oxygens (including phenoxy) is 1. The zero-order valence-corrected chi connectivity index (χ0v) is 23.8. The highest BCUT2D eigenvalue weighted by atomic mass is 79.9. The molecule has 0 bridgehead atoms. The van der Waals surface area contributed by atoms with Gasteiger partial charge in [0.1, 0.15) is 17.4 Å². The summed E-state index contributed by atoms with van der Waals surface area (Å²) in [7, 11) is 3.79. The van der Waals surface area contributed by atoms with E-state index in [1.54, 1.807) is 25.5 Å². The van der Waals surface area contributed by atoms with Gasteiger partial charge >= 0.3 is 0 Å². The Morgan fingerprint density at radius 2 is 1.44 bits per heavy atom. The first-order chi connectivity index (χ1) is 15.3. The average molecular weight is 669 g/mol. The third kappa shape index (κ3) is 9.37. The van der Waals surface area contributed by atoms with Crippen LogP contribution in [0.4, 0.5) is 0 Å². The SMILES string of the molecule is C.C.CCO.CCOC(=N)c1cn(C)c2ncc(Br)cc12.Cl.Cl.Cn1cc(C#N)c2cc(Br)cnc21. The second kappa shape index (κ2) is 18.1. The van der Waals surface area contributed by atoms with Crippen molar-refractivity contribution < 1.29 is 9.84 Å². The number of nitrogens with zero attached hydrogens (tertiary/aromatic N) is 5. The van der Waals surface area contributed by atoms with Crippen LogP contribution < -0.4 is 0 Å². The van der Waals surface area contributed by atoms with Gasteiger partial charge in [0.2, 0.25) is 5.90 Å². The van der Waals surface area contributed by atoms with Crippen molar-refractivity contribution in [2.45, 2.75) is 28.7 Å². The number of rotatable bonds is 2. The van der Waals surface area contributed by atoms with Crippen LogP contribution in [0.25, 0.3) is 22.1 Å². The highest BCUT2D eigenvalue weighted by Gasteiger charge is 2.13. The summed E-state index contributed by atoms with van der Waals surface area (Å²) >= 11 is 6.70. The first-order valence-corrected chi connectivity index (χ1v) is 11.3. The van der Waals surface area contributed by atoms with Crippen LogP contribution in [0, 0.1) is 16.7 Å². The standard InChI is InChI=1S/C11H12BrN3O.C9H6BrN3.C2H6O.2CH4.2ClH/c1-3-16-10(13)9-6-15(2)11-8(9)4-7(12)5-14-11;1-13-5-6(3-11)8-2-7(10)4-12-9(8)13;1-2-3;;;;/h4-6,13H,3H2,1-2H3;2,4-5H,1H3;3H,2H2,1H3;2*1H4;2*1H. The molecule has 8 nitrogen and oxygen atoms in total. The highest BCUT2D eigenvalue weighted by molar-refractivity contribution is 9.10. The summed E-state index contributed by atoms with van der Waals surface area (Å²) in [5.41, 5.74) is 3.11. The Kier molecular flexibility index (Phi) is 19.3. The van der Waals surface area contributed by atoms with E-state index in [2.05, 4.69) is 47.9 Å². The van der Waals surface area contributed by atoms with Gasteiger partial charge in [-0.2, -0.15) is 5.26 Å². The number of aliphatic hydroxyl groups is 1. The van der Waals surface area contributed by atoms with Crippen molar-refractivity contribution in [1.82, 2.24) is 19.1 Å². The predicted octanol–water partition coefficient (Wildman–Crippen LogP) is 7.02. The van der Waals surface area contributed by atoms with Gasteiger partial charge < -0.3 is 19.0 Å². The second-order valence-electron chi connectivity index (χ2n) is 6.55. The van der Waals surface area contributed by atoms with Gasteiger partial charge in [-0.15, -0.1) is 24.8 Å². The van der Waals surface area contributed by atoms with Gasteiger partial charge in [-0.05, 0) is 57.8 Å². The summed E-state index contributed by atoms with van der Waals surface area (Å²) in [5.74, 6) is 0.188. The lowest BCUT2D eigenvalue weighted by Crippen LogP contribution is -2.03. The van der Waals surface area contributed by atoms with Crippen LogP contribution in [0.5, 0.6) is 0 Å². The Morgan fingerprint density at radius 3 is 1.92 bits per heavy atom. The number of pyridine rings is 2. The average Bonchev–Trinajstić information content (AvgIpc) is 3.25. The zero-order chi connectivity index (χ0) is 23.8. The van der Waals surface area contributed by atoms with E-state index in [-0.39, 0.29) is 52.2 Å². The van der Waals surface area contributed by atoms with E-state index in [9.17, 15) is 0 Å². The molecule has 4 heterocycles. The van der Waals surface area contributed by atoms with Gasteiger partial charge in [-0.25, -0.2) is 9.97 Å². The number of hydrogen-bond donors (Lipinski definition) is 2. The van der Waals surface area contributed by atoms with E-state index >= 15 is 0 Å². The maximum absolute atomic E-state index is 8.83. The molecule has 0 saturated carbocycles. The lowest BCUT2D eigenvalue weighted by molar-refractivity contribution is 0.318. The van der Waals surface area contributed by atoms with Crippen molar-refractivity contribution in [3.8, 4) is 6.07 Å². The monoisotopic (exact) mass is 666 g/mol. The van der Waals surface area contributed by atoms with Crippen LogP contribution in [0.1, 0.15) is 39.8 Å². The molecule has 36 heavy (non-hydrogen) atoms. The van der Waals surface area contributed by atoms with E-state index in [0.29, 0.717) is 12.2 Å². The number of aliphatic hydroxyl groups excluding tert-OH is 1. The van der Waals surface area contributed by atoms with Crippen molar-refractivity contribution >= 4 is 84.6 Å². The molecule has 4 rings (SSSR count). The van der Waals surface area contributed by atoms with Crippen LogP contribution in [-0.4, -0.2) is 43.3 Å². The van der Waals surface area contributed by atoms with Crippen molar-refractivity contribution in [1.29, 1.82) is 10.7 Å². The number of fused-ring (bicyclic) bond motifs is 2. The predicted molar refractivity (Wildman–Crippen MR) is 161 cm³/mol. The number of nitriles is 1. The molecule has 12 heteroatoms. The summed E-state index contributed by atoms with van der Waals surface area (Å²) < 4.78 is 10.7. The first-order valence-electron chi connectivity index (χ1n) is 9.71. The molecule has 4 aromatic heterocycles. The van der Waals surface area contributed by atoms with E-state index in [1.165, 1.54) is 0 Å². The van der Waals surface area contributed by atoms with Gasteiger partial charge in [0, 0.05) is 65.2 Å². The molecule has 2 N–H and O–H groups in total. The number of aromatic nitrogens is 4. The number of halogens is 4. The van der Waals surface area contributed by atoms with E-state index in [0.717, 1.165) is 36.6 Å². The summed E-state index contributed by atoms with van der Waals surface area (Å²) in [5, 5.41) is 26.0. The molecule has 0 atom stereocenters. The Bertz CT molecular complexity index is 1290. The smallest absolute Gasteiger partial charge is 0.215 e. The molecule has 0 aromatic carbocycles. The zero-order valence-electron chi connectivity index (χ0n) is 19.0. The quantitative estimate of drug-likeness (QED) is 0.176. The Labute approximate surface area is 242 Å². The van der Waals surface area contributed by atoms with Gasteiger partial charge in [0.25, 0.3) is 0 Å². The Morgan fingerprint density at radius 1 is 1.00 bits per heavy atom. The van der Waals surface area contributed by atoms with E-state index in [4.69, 9.17) is 20.5 Å². The molecular formula is C24H34Br2Cl2N6O2. The first kappa shape index (κ1) is 38.4. The van der Waals surface area contributed by atoms with Crippen LogP contribution in [-0.2, 0) is 18.8 Å².